The van der Waals surface area contributed by atoms with E-state index in [0.29, 0.717) is 36.8 Å². The molecule has 8 rings (SSSR count). The number of carbonyl (C=O) groups excluding carboxylic acids is 2. The molecule has 8 heteroatoms. The molecule has 42 heavy (non-hydrogen) atoms. The third-order valence-electron chi connectivity index (χ3n) is 10.2. The minimum absolute atomic E-state index is 0.00458. The largest absolute Gasteiger partial charge is 0.497 e. The van der Waals surface area contributed by atoms with Gasteiger partial charge in [0.25, 0.3) is 5.91 Å². The van der Waals surface area contributed by atoms with Crippen LogP contribution in [0.25, 0.3) is 16.9 Å². The van der Waals surface area contributed by atoms with Gasteiger partial charge in [0.1, 0.15) is 5.75 Å². The topological polar surface area (TPSA) is 66.8 Å². The number of nitrogens with one attached hydrogen (secondary N) is 1. The van der Waals surface area contributed by atoms with Gasteiger partial charge in [-0.3, -0.25) is 4.79 Å². The Bertz CT molecular complexity index is 1470. The molecule has 4 bridgehead atoms. The number of benzene rings is 2. The summed E-state index contributed by atoms with van der Waals surface area (Å²) in [6.45, 7) is 4.08. The molecule has 3 amide bonds. The minimum atomic E-state index is -0.0193. The molecule has 3 aromatic rings. The van der Waals surface area contributed by atoms with Gasteiger partial charge in [-0.15, -0.1) is 0 Å². The monoisotopic (exact) mass is 586 g/mol. The van der Waals surface area contributed by atoms with Crippen molar-refractivity contribution in [2.75, 3.05) is 33.3 Å². The molecule has 1 N–H and O–H groups in total. The standard InChI is InChI=1S/C34H39ClN4O3/c1-22-28(18-31(26-7-9-27(42-2)10-8-26)39(22)30-6-4-3-5-29(30)35)32(40)37-11-13-38(14-12-37)33(41)36-34-19-23-15-24(20-34)17-25(16-23)21-34/h3-10,18,23-25H,11-17,19-21H2,1-2H3,(H,36,41). The summed E-state index contributed by atoms with van der Waals surface area (Å²) < 4.78 is 7.42. The lowest BCUT2D eigenvalue weighted by Crippen LogP contribution is -2.63. The number of hydrogen-bond donors (Lipinski definition) is 1. The van der Waals surface area contributed by atoms with Crippen molar-refractivity contribution in [3.05, 3.63) is 70.9 Å². The maximum Gasteiger partial charge on any atom is 0.317 e. The van der Waals surface area contributed by atoms with Crippen LogP contribution >= 0.6 is 11.6 Å². The van der Waals surface area contributed by atoms with E-state index in [-0.39, 0.29) is 17.5 Å². The van der Waals surface area contributed by atoms with Gasteiger partial charge in [0.15, 0.2) is 0 Å². The highest BCUT2D eigenvalue weighted by Gasteiger charge is 2.52. The molecule has 2 aromatic carbocycles. The molecule has 5 aliphatic rings. The fraction of sp³-hybridized carbons (Fsp3) is 0.471. The van der Waals surface area contributed by atoms with E-state index in [1.807, 2.05) is 71.3 Å². The van der Waals surface area contributed by atoms with Gasteiger partial charge < -0.3 is 24.4 Å². The van der Waals surface area contributed by atoms with E-state index in [2.05, 4.69) is 9.88 Å². The van der Waals surface area contributed by atoms with Crippen LogP contribution in [0.15, 0.2) is 54.6 Å². The van der Waals surface area contributed by atoms with Gasteiger partial charge in [0.05, 0.1) is 29.1 Å². The Labute approximate surface area is 252 Å². The van der Waals surface area contributed by atoms with E-state index < -0.39 is 0 Å². The number of ether oxygens (including phenoxy) is 1. The Morgan fingerprint density at radius 1 is 0.881 bits per heavy atom. The van der Waals surface area contributed by atoms with Gasteiger partial charge >= 0.3 is 6.03 Å². The molecule has 0 spiro atoms. The molecule has 4 saturated carbocycles. The van der Waals surface area contributed by atoms with E-state index in [1.54, 1.807) is 7.11 Å². The lowest BCUT2D eigenvalue weighted by Gasteiger charge is -2.57. The van der Waals surface area contributed by atoms with Gasteiger partial charge in [-0.1, -0.05) is 23.7 Å². The second-order valence-corrected chi connectivity index (χ2v) is 13.4. The highest BCUT2D eigenvalue weighted by atomic mass is 35.5. The number of urea groups is 1. The van der Waals surface area contributed by atoms with Crippen LogP contribution in [0.5, 0.6) is 5.75 Å². The maximum absolute atomic E-state index is 14.0. The summed E-state index contributed by atoms with van der Waals surface area (Å²) in [7, 11) is 1.65. The third-order valence-corrected chi connectivity index (χ3v) is 10.5. The quantitative estimate of drug-likeness (QED) is 0.369. The molecule has 7 nitrogen and oxygen atoms in total. The van der Waals surface area contributed by atoms with Crippen LogP contribution in [0.3, 0.4) is 0 Å². The Morgan fingerprint density at radius 2 is 1.48 bits per heavy atom. The molecule has 1 aliphatic heterocycles. The summed E-state index contributed by atoms with van der Waals surface area (Å²) in [5.74, 6) is 3.11. The SMILES string of the molecule is COc1ccc(-c2cc(C(=O)N3CCN(C(=O)NC45CC6CC(CC(C6)C4)C5)CC3)c(C)n2-c2ccccc2Cl)cc1. The Hall–Kier alpha value is -3.45. The van der Waals surface area contributed by atoms with Crippen LogP contribution in [0, 0.1) is 24.7 Å². The van der Waals surface area contributed by atoms with Crippen LogP contribution in [-0.4, -0.2) is 65.1 Å². The molecule has 4 aliphatic carbocycles. The van der Waals surface area contributed by atoms with E-state index in [9.17, 15) is 9.59 Å². The maximum atomic E-state index is 14.0. The summed E-state index contributed by atoms with van der Waals surface area (Å²) in [6.07, 6.45) is 7.49. The van der Waals surface area contributed by atoms with Crippen molar-refractivity contribution in [1.29, 1.82) is 0 Å². The van der Waals surface area contributed by atoms with Crippen molar-refractivity contribution in [3.8, 4) is 22.7 Å². The van der Waals surface area contributed by atoms with Crippen molar-refractivity contribution in [1.82, 2.24) is 19.7 Å². The highest BCUT2D eigenvalue weighted by Crippen LogP contribution is 2.55. The highest BCUT2D eigenvalue weighted by molar-refractivity contribution is 6.32. The van der Waals surface area contributed by atoms with Gasteiger partial charge in [-0.05, 0) is 111 Å². The van der Waals surface area contributed by atoms with Crippen molar-refractivity contribution >= 4 is 23.5 Å². The van der Waals surface area contributed by atoms with Crippen LogP contribution in [0.1, 0.15) is 54.6 Å². The molecular weight excluding hydrogens is 548 g/mol. The van der Waals surface area contributed by atoms with E-state index in [0.717, 1.165) is 65.4 Å². The lowest BCUT2D eigenvalue weighted by atomic mass is 9.53. The number of piperazine rings is 1. The van der Waals surface area contributed by atoms with Gasteiger partial charge in [-0.25, -0.2) is 4.79 Å². The van der Waals surface area contributed by atoms with Gasteiger partial charge in [-0.2, -0.15) is 0 Å². The predicted octanol–water partition coefficient (Wildman–Crippen LogP) is 6.55. The summed E-state index contributed by atoms with van der Waals surface area (Å²) >= 11 is 6.65. The fourth-order valence-electron chi connectivity index (χ4n) is 8.59. The smallest absolute Gasteiger partial charge is 0.317 e. The Balaban J connectivity index is 1.09. The van der Waals surface area contributed by atoms with Crippen LogP contribution in [-0.2, 0) is 0 Å². The fourth-order valence-corrected chi connectivity index (χ4v) is 8.81. The molecule has 1 saturated heterocycles. The van der Waals surface area contributed by atoms with E-state index in [1.165, 1.54) is 19.3 Å². The number of amides is 3. The summed E-state index contributed by atoms with van der Waals surface area (Å²) in [5, 5.41) is 4.11. The van der Waals surface area contributed by atoms with Crippen LogP contribution < -0.4 is 10.1 Å². The van der Waals surface area contributed by atoms with Crippen molar-refractivity contribution < 1.29 is 14.3 Å². The van der Waals surface area contributed by atoms with Gasteiger partial charge in [0.2, 0.25) is 0 Å². The zero-order chi connectivity index (χ0) is 29.0. The normalized spacial score (nSPS) is 26.4. The molecule has 5 fully saturated rings. The second kappa shape index (κ2) is 10.7. The van der Waals surface area contributed by atoms with Crippen molar-refractivity contribution in [2.24, 2.45) is 17.8 Å². The number of rotatable bonds is 5. The number of halogens is 1. The number of nitrogens with zero attached hydrogens (tertiary/aromatic N) is 3. The zero-order valence-electron chi connectivity index (χ0n) is 24.4. The second-order valence-electron chi connectivity index (χ2n) is 13.0. The predicted molar refractivity (Wildman–Crippen MR) is 164 cm³/mol. The zero-order valence-corrected chi connectivity index (χ0v) is 25.2. The summed E-state index contributed by atoms with van der Waals surface area (Å²) in [4.78, 5) is 31.1. The average molecular weight is 587 g/mol. The van der Waals surface area contributed by atoms with Crippen molar-refractivity contribution in [2.45, 2.75) is 51.0 Å². The number of para-hydroxylation sites is 1. The van der Waals surface area contributed by atoms with E-state index in [4.69, 9.17) is 16.3 Å². The first kappa shape index (κ1) is 27.4. The number of methoxy groups -OCH3 is 1. The van der Waals surface area contributed by atoms with E-state index >= 15 is 0 Å². The third kappa shape index (κ3) is 4.85. The minimum Gasteiger partial charge on any atom is -0.497 e. The van der Waals surface area contributed by atoms with Gasteiger partial charge in [0, 0.05) is 37.4 Å². The Morgan fingerprint density at radius 3 is 2.07 bits per heavy atom. The van der Waals surface area contributed by atoms with Crippen LogP contribution in [0.2, 0.25) is 5.02 Å². The molecular formula is C34H39ClN4O3. The first-order valence-corrected chi connectivity index (χ1v) is 15.7. The first-order chi connectivity index (χ1) is 20.3. The summed E-state index contributed by atoms with van der Waals surface area (Å²) in [5.41, 5.74) is 4.15. The number of carbonyl (C=O) groups is 2. The molecule has 0 unspecified atom stereocenters. The molecule has 2 heterocycles. The van der Waals surface area contributed by atoms with Crippen LogP contribution in [0.4, 0.5) is 4.79 Å². The molecule has 0 atom stereocenters. The Kier molecular flexibility index (Phi) is 6.96. The molecule has 1 aromatic heterocycles. The molecule has 0 radical (unpaired) electrons. The van der Waals surface area contributed by atoms with Crippen molar-refractivity contribution in [3.63, 3.8) is 0 Å². The first-order valence-electron chi connectivity index (χ1n) is 15.3. The number of hydrogen-bond acceptors (Lipinski definition) is 3. The lowest BCUT2D eigenvalue weighted by molar-refractivity contribution is -0.0164. The summed E-state index contributed by atoms with van der Waals surface area (Å²) in [6, 6.07) is 17.5. The average Bonchev–Trinajstić information content (AvgIpc) is 3.32. The molecule has 220 valence electrons. The number of aromatic nitrogens is 1.